The summed E-state index contributed by atoms with van der Waals surface area (Å²) in [6.07, 6.45) is -7.05. The van der Waals surface area contributed by atoms with Crippen molar-refractivity contribution in [2.75, 3.05) is 19.8 Å². The summed E-state index contributed by atoms with van der Waals surface area (Å²) in [5.41, 5.74) is 0. The van der Waals surface area contributed by atoms with E-state index in [1.165, 1.54) is 0 Å². The maximum Gasteiger partial charge on any atom is 0.322 e. The van der Waals surface area contributed by atoms with Crippen LogP contribution in [0.1, 0.15) is 27.7 Å². The van der Waals surface area contributed by atoms with Gasteiger partial charge in [0, 0.05) is 27.7 Å². The molecule has 0 spiro atoms. The molecule has 1 saturated heterocycles. The SMILES string of the molecule is CC(=O)OC[C@H]1O[C@@H](OCC(=O)NCC(=O)O)[C@H](OC(C)=O)[C@@H](OC(C)=O)[C@@H]1OC(C)=O. The Hall–Kier alpha value is -3.26. The normalized spacial score (nSPS) is 24.6. The quantitative estimate of drug-likeness (QED) is 0.275. The van der Waals surface area contributed by atoms with Crippen molar-refractivity contribution in [3.63, 3.8) is 0 Å². The lowest BCUT2D eigenvalue weighted by atomic mass is 9.98. The molecule has 1 rings (SSSR count). The number of carboxylic acids is 1. The molecule has 1 aliphatic heterocycles. The highest BCUT2D eigenvalue weighted by molar-refractivity contribution is 5.81. The third-order valence-electron chi connectivity index (χ3n) is 3.76. The van der Waals surface area contributed by atoms with E-state index in [9.17, 15) is 28.8 Å². The fraction of sp³-hybridized carbons (Fsp3) is 0.667. The number of aliphatic carboxylic acids is 1. The first-order valence-corrected chi connectivity index (χ1v) is 9.31. The summed E-state index contributed by atoms with van der Waals surface area (Å²) in [7, 11) is 0. The average Bonchev–Trinajstić information content (AvgIpc) is 2.65. The number of ether oxygens (including phenoxy) is 6. The van der Waals surface area contributed by atoms with E-state index in [2.05, 4.69) is 5.32 Å². The van der Waals surface area contributed by atoms with Gasteiger partial charge in [0.15, 0.2) is 24.6 Å². The number of hydrogen-bond acceptors (Lipinski definition) is 12. The van der Waals surface area contributed by atoms with Crippen molar-refractivity contribution in [1.29, 1.82) is 0 Å². The number of carboxylic acid groups (broad SMARTS) is 1. The summed E-state index contributed by atoms with van der Waals surface area (Å²) >= 11 is 0. The number of carbonyl (C=O) groups is 6. The number of nitrogens with one attached hydrogen (secondary N) is 1. The summed E-state index contributed by atoms with van der Waals surface area (Å²) in [5, 5.41) is 10.7. The van der Waals surface area contributed by atoms with Crippen LogP contribution in [0, 0.1) is 0 Å². The topological polar surface area (TPSA) is 190 Å². The number of carbonyl (C=O) groups excluding carboxylic acids is 5. The van der Waals surface area contributed by atoms with Gasteiger partial charge >= 0.3 is 29.8 Å². The molecule has 0 bridgehead atoms. The molecule has 0 radical (unpaired) electrons. The van der Waals surface area contributed by atoms with Gasteiger partial charge in [-0.2, -0.15) is 0 Å². The molecule has 180 valence electrons. The largest absolute Gasteiger partial charge is 0.480 e. The van der Waals surface area contributed by atoms with E-state index in [1.54, 1.807) is 0 Å². The van der Waals surface area contributed by atoms with Crippen LogP contribution in [-0.4, -0.2) is 91.3 Å². The highest BCUT2D eigenvalue weighted by atomic mass is 16.7. The molecule has 1 aliphatic rings. The number of hydrogen-bond donors (Lipinski definition) is 2. The number of esters is 4. The Morgan fingerprint density at radius 3 is 1.84 bits per heavy atom. The predicted octanol–water partition coefficient (Wildman–Crippen LogP) is -1.71. The summed E-state index contributed by atoms with van der Waals surface area (Å²) in [5.74, 6) is -5.26. The smallest absolute Gasteiger partial charge is 0.322 e. The summed E-state index contributed by atoms with van der Waals surface area (Å²) in [6.45, 7) is 2.46. The fourth-order valence-corrected chi connectivity index (χ4v) is 2.71. The van der Waals surface area contributed by atoms with Crippen molar-refractivity contribution in [3.8, 4) is 0 Å². The lowest BCUT2D eigenvalue weighted by Gasteiger charge is -2.43. The molecule has 0 unspecified atom stereocenters. The molecular weight excluding hydrogens is 438 g/mol. The Bertz CT molecular complexity index is 736. The van der Waals surface area contributed by atoms with E-state index in [-0.39, 0.29) is 0 Å². The van der Waals surface area contributed by atoms with Crippen molar-refractivity contribution < 1.29 is 62.3 Å². The van der Waals surface area contributed by atoms with Crippen molar-refractivity contribution >= 4 is 35.8 Å². The minimum absolute atomic E-state index is 0.455. The minimum Gasteiger partial charge on any atom is -0.480 e. The Kier molecular flexibility index (Phi) is 10.5. The van der Waals surface area contributed by atoms with E-state index in [0.29, 0.717) is 0 Å². The van der Waals surface area contributed by atoms with Gasteiger partial charge in [-0.05, 0) is 0 Å². The maximum absolute atomic E-state index is 11.8. The molecule has 1 amide bonds. The lowest BCUT2D eigenvalue weighted by molar-refractivity contribution is -0.306. The summed E-state index contributed by atoms with van der Waals surface area (Å²) in [6, 6.07) is 0. The van der Waals surface area contributed by atoms with E-state index in [0.717, 1.165) is 27.7 Å². The van der Waals surface area contributed by atoms with E-state index < -0.39 is 86.2 Å². The molecule has 32 heavy (non-hydrogen) atoms. The summed E-state index contributed by atoms with van der Waals surface area (Å²) in [4.78, 5) is 68.5. The van der Waals surface area contributed by atoms with Crippen LogP contribution in [0.5, 0.6) is 0 Å². The standard InChI is InChI=1S/C18H25NO13/c1-8(20)27-6-12-15(29-9(2)21)16(30-10(3)22)17(31-11(4)23)18(32-12)28-7-13(24)19-5-14(25)26/h12,15-18H,5-7H2,1-4H3,(H,19,24)(H,25,26)/t12-,15-,16+,17-,18-/m1/s1. The van der Waals surface area contributed by atoms with E-state index in [4.69, 9.17) is 33.5 Å². The molecule has 1 heterocycles. The zero-order chi connectivity index (χ0) is 24.4. The highest BCUT2D eigenvalue weighted by Crippen LogP contribution is 2.29. The Balaban J connectivity index is 3.19. The maximum atomic E-state index is 11.8. The van der Waals surface area contributed by atoms with Gasteiger partial charge in [-0.3, -0.25) is 28.8 Å². The van der Waals surface area contributed by atoms with Gasteiger partial charge in [0.1, 0.15) is 25.9 Å². The van der Waals surface area contributed by atoms with Gasteiger partial charge in [-0.25, -0.2) is 0 Å². The lowest BCUT2D eigenvalue weighted by Crippen LogP contribution is -2.63. The van der Waals surface area contributed by atoms with Crippen LogP contribution in [0.15, 0.2) is 0 Å². The van der Waals surface area contributed by atoms with Crippen molar-refractivity contribution in [1.82, 2.24) is 5.32 Å². The van der Waals surface area contributed by atoms with Crippen molar-refractivity contribution in [3.05, 3.63) is 0 Å². The van der Waals surface area contributed by atoms with Crippen LogP contribution in [0.2, 0.25) is 0 Å². The van der Waals surface area contributed by atoms with Crippen LogP contribution in [0.4, 0.5) is 0 Å². The Morgan fingerprint density at radius 1 is 0.812 bits per heavy atom. The van der Waals surface area contributed by atoms with Gasteiger partial charge in [0.25, 0.3) is 0 Å². The molecule has 0 aromatic rings. The van der Waals surface area contributed by atoms with Crippen LogP contribution >= 0.6 is 0 Å². The highest BCUT2D eigenvalue weighted by Gasteiger charge is 2.52. The molecule has 1 fully saturated rings. The van der Waals surface area contributed by atoms with E-state index in [1.807, 2.05) is 0 Å². The predicted molar refractivity (Wildman–Crippen MR) is 98.6 cm³/mol. The third-order valence-corrected chi connectivity index (χ3v) is 3.76. The van der Waals surface area contributed by atoms with Crippen LogP contribution in [0.25, 0.3) is 0 Å². The van der Waals surface area contributed by atoms with Gasteiger partial charge in [-0.15, -0.1) is 0 Å². The zero-order valence-electron chi connectivity index (χ0n) is 17.9. The molecule has 0 saturated carbocycles. The second kappa shape index (κ2) is 12.6. The van der Waals surface area contributed by atoms with Gasteiger partial charge in [0.05, 0.1) is 0 Å². The zero-order valence-corrected chi connectivity index (χ0v) is 17.9. The number of rotatable bonds is 10. The second-order valence-corrected chi connectivity index (χ2v) is 6.55. The molecule has 0 aromatic heterocycles. The number of amides is 1. The first-order chi connectivity index (χ1) is 14.9. The second-order valence-electron chi connectivity index (χ2n) is 6.55. The van der Waals surface area contributed by atoms with Gasteiger partial charge in [0.2, 0.25) is 5.91 Å². The Morgan fingerprint density at radius 2 is 1.34 bits per heavy atom. The van der Waals surface area contributed by atoms with Gasteiger partial charge < -0.3 is 38.8 Å². The fourth-order valence-electron chi connectivity index (χ4n) is 2.71. The van der Waals surface area contributed by atoms with Crippen molar-refractivity contribution in [2.24, 2.45) is 0 Å². The average molecular weight is 463 g/mol. The molecule has 14 heteroatoms. The minimum atomic E-state index is -1.54. The Labute approximate surface area is 182 Å². The third kappa shape index (κ3) is 9.26. The van der Waals surface area contributed by atoms with Crippen LogP contribution in [-0.2, 0) is 57.2 Å². The van der Waals surface area contributed by atoms with Crippen molar-refractivity contribution in [2.45, 2.75) is 58.4 Å². The monoisotopic (exact) mass is 463 g/mol. The first kappa shape index (κ1) is 26.8. The molecule has 0 aliphatic carbocycles. The van der Waals surface area contributed by atoms with Gasteiger partial charge in [-0.1, -0.05) is 0 Å². The van der Waals surface area contributed by atoms with Crippen LogP contribution in [0.3, 0.4) is 0 Å². The molecule has 14 nitrogen and oxygen atoms in total. The molecular formula is C18H25NO13. The van der Waals surface area contributed by atoms with Crippen LogP contribution < -0.4 is 5.32 Å². The van der Waals surface area contributed by atoms with E-state index >= 15 is 0 Å². The molecule has 2 N–H and O–H groups in total. The molecule has 5 atom stereocenters. The summed E-state index contributed by atoms with van der Waals surface area (Å²) < 4.78 is 31.3. The molecule has 0 aromatic carbocycles. The first-order valence-electron chi connectivity index (χ1n) is 9.31.